The molecule has 0 spiro atoms. The van der Waals surface area contributed by atoms with Gasteiger partial charge in [0, 0.05) is 16.8 Å². The number of benzene rings is 2. The van der Waals surface area contributed by atoms with E-state index in [1.807, 2.05) is 0 Å². The van der Waals surface area contributed by atoms with E-state index in [1.54, 1.807) is 18.2 Å². The van der Waals surface area contributed by atoms with Gasteiger partial charge in [-0.25, -0.2) is 17.4 Å². The molecule has 0 aliphatic carbocycles. The maximum Gasteiger partial charge on any atom is 0.391 e. The topological polar surface area (TPSA) is 135 Å². The first-order chi connectivity index (χ1) is 18.1. The molecule has 0 radical (unpaired) electrons. The smallest absolute Gasteiger partial charge is 0.391 e. The number of rotatable bonds is 15. The second-order valence-electron chi connectivity index (χ2n) is 8.45. The molecule has 13 heteroatoms. The van der Waals surface area contributed by atoms with Gasteiger partial charge in [-0.15, -0.1) is 11.3 Å². The van der Waals surface area contributed by atoms with Gasteiger partial charge in [-0.2, -0.15) is 9.98 Å². The van der Waals surface area contributed by atoms with E-state index in [9.17, 15) is 22.3 Å². The normalized spacial score (nSPS) is 13.1. The Kier molecular flexibility index (Phi) is 10.5. The highest BCUT2D eigenvalue weighted by Gasteiger charge is 2.27. The van der Waals surface area contributed by atoms with Crippen LogP contribution in [0.25, 0.3) is 10.1 Å². The SMILES string of the molecule is CCCCCOc1cc2cc(S(=O)(=O)NCP(=O)(O)Oc3ccc(C#N)c(F)c3)sc2cc1OCCCC. The lowest BCUT2D eigenvalue weighted by molar-refractivity contribution is 0.261. The van der Waals surface area contributed by atoms with E-state index in [1.165, 1.54) is 6.07 Å². The highest BCUT2D eigenvalue weighted by molar-refractivity contribution is 7.92. The molecule has 3 aromatic rings. The summed E-state index contributed by atoms with van der Waals surface area (Å²) in [6.45, 7) is 5.16. The molecular weight excluding hydrogens is 554 g/mol. The van der Waals surface area contributed by atoms with Crippen molar-refractivity contribution < 1.29 is 36.3 Å². The summed E-state index contributed by atoms with van der Waals surface area (Å²) in [5, 5.41) is 9.41. The number of hydrogen-bond acceptors (Lipinski definition) is 8. The largest absolute Gasteiger partial charge is 0.490 e. The van der Waals surface area contributed by atoms with E-state index in [2.05, 4.69) is 18.6 Å². The molecule has 0 aliphatic rings. The van der Waals surface area contributed by atoms with Crippen LogP contribution in [0.1, 0.15) is 51.5 Å². The second-order valence-corrected chi connectivity index (χ2v) is 13.3. The Balaban J connectivity index is 1.76. The Morgan fingerprint density at radius 1 is 1.05 bits per heavy atom. The summed E-state index contributed by atoms with van der Waals surface area (Å²) in [6, 6.07) is 9.57. The van der Waals surface area contributed by atoms with Crippen molar-refractivity contribution in [3.05, 3.63) is 47.8 Å². The van der Waals surface area contributed by atoms with Crippen LogP contribution >= 0.6 is 18.9 Å². The van der Waals surface area contributed by atoms with Crippen molar-refractivity contribution in [2.24, 2.45) is 0 Å². The molecule has 0 amide bonds. The van der Waals surface area contributed by atoms with E-state index in [-0.39, 0.29) is 15.5 Å². The quantitative estimate of drug-likeness (QED) is 0.160. The Bertz CT molecular complexity index is 1450. The van der Waals surface area contributed by atoms with Crippen LogP contribution in [0.2, 0.25) is 0 Å². The van der Waals surface area contributed by atoms with Gasteiger partial charge < -0.3 is 18.9 Å². The number of nitrogens with zero attached hydrogens (tertiary/aromatic N) is 1. The van der Waals surface area contributed by atoms with Gasteiger partial charge in [0.1, 0.15) is 28.1 Å². The predicted molar refractivity (Wildman–Crippen MR) is 144 cm³/mol. The average molecular weight is 585 g/mol. The van der Waals surface area contributed by atoms with Gasteiger partial charge in [0.2, 0.25) is 0 Å². The van der Waals surface area contributed by atoms with Gasteiger partial charge in [-0.05, 0) is 42.5 Å². The minimum absolute atomic E-state index is 0.0699. The molecule has 38 heavy (non-hydrogen) atoms. The number of halogens is 1. The first-order valence-corrected chi connectivity index (χ1v) is 16.2. The Labute approximate surface area is 225 Å². The van der Waals surface area contributed by atoms with Crippen LogP contribution in [-0.2, 0) is 14.6 Å². The van der Waals surface area contributed by atoms with Crippen LogP contribution in [0.4, 0.5) is 4.39 Å². The lowest BCUT2D eigenvalue weighted by Crippen LogP contribution is -2.25. The van der Waals surface area contributed by atoms with Crippen molar-refractivity contribution in [3.8, 4) is 23.3 Å². The van der Waals surface area contributed by atoms with Gasteiger partial charge in [0.15, 0.2) is 11.5 Å². The van der Waals surface area contributed by atoms with Gasteiger partial charge in [-0.3, -0.25) is 0 Å². The Morgan fingerprint density at radius 2 is 1.74 bits per heavy atom. The van der Waals surface area contributed by atoms with E-state index < -0.39 is 29.7 Å². The first-order valence-electron chi connectivity index (χ1n) is 12.1. The van der Waals surface area contributed by atoms with E-state index >= 15 is 0 Å². The third kappa shape index (κ3) is 8.16. The maximum atomic E-state index is 13.8. The number of hydrogen-bond donors (Lipinski definition) is 2. The lowest BCUT2D eigenvalue weighted by atomic mass is 10.2. The fourth-order valence-electron chi connectivity index (χ4n) is 3.32. The standard InChI is InChI=1S/C25H30FN2O7PS2/c1-3-5-7-11-34-22-12-19-13-25(37-24(19)15-23(22)33-10-6-4-2)38(31,32)28-17-36(29,30)35-20-9-8-18(16-27)21(26)14-20/h8-9,12-15,28H,3-7,10-11,17H2,1-2H3,(H,29,30). The average Bonchev–Trinajstić information content (AvgIpc) is 3.29. The minimum atomic E-state index is -4.53. The molecule has 1 unspecified atom stereocenters. The number of thiophene rings is 1. The Hall–Kier alpha value is -2.68. The van der Waals surface area contributed by atoms with Crippen molar-refractivity contribution in [2.45, 2.75) is 50.2 Å². The summed E-state index contributed by atoms with van der Waals surface area (Å²) in [5.41, 5.74) is -0.260. The summed E-state index contributed by atoms with van der Waals surface area (Å²) in [5.74, 6) is -0.176. The molecule has 1 heterocycles. The summed E-state index contributed by atoms with van der Waals surface area (Å²) in [6.07, 6.45) is 3.84. The molecule has 0 aliphatic heterocycles. The highest BCUT2D eigenvalue weighted by Crippen LogP contribution is 2.43. The van der Waals surface area contributed by atoms with Crippen LogP contribution in [0.5, 0.6) is 17.2 Å². The summed E-state index contributed by atoms with van der Waals surface area (Å²) in [7, 11) is -8.71. The van der Waals surface area contributed by atoms with Crippen molar-refractivity contribution >= 4 is 39.0 Å². The number of ether oxygens (including phenoxy) is 2. The monoisotopic (exact) mass is 584 g/mol. The number of fused-ring (bicyclic) bond motifs is 1. The number of nitrogens with one attached hydrogen (secondary N) is 1. The zero-order valence-electron chi connectivity index (χ0n) is 21.1. The van der Waals surface area contributed by atoms with Gasteiger partial charge in [0.05, 0.1) is 18.8 Å². The first kappa shape index (κ1) is 29.9. The van der Waals surface area contributed by atoms with Crippen molar-refractivity contribution in [2.75, 3.05) is 19.5 Å². The molecular formula is C25H30FN2O7PS2. The van der Waals surface area contributed by atoms with Crippen LogP contribution < -0.4 is 18.7 Å². The summed E-state index contributed by atoms with van der Waals surface area (Å²) < 4.78 is 71.5. The van der Waals surface area contributed by atoms with Crippen molar-refractivity contribution in [3.63, 3.8) is 0 Å². The van der Waals surface area contributed by atoms with E-state index in [0.717, 1.165) is 61.6 Å². The van der Waals surface area contributed by atoms with E-state index in [4.69, 9.17) is 19.3 Å². The lowest BCUT2D eigenvalue weighted by Gasteiger charge is -2.14. The van der Waals surface area contributed by atoms with Crippen LogP contribution in [0, 0.1) is 17.1 Å². The molecule has 9 nitrogen and oxygen atoms in total. The van der Waals surface area contributed by atoms with Crippen LogP contribution in [0.15, 0.2) is 40.6 Å². The molecule has 0 saturated heterocycles. The fourth-order valence-corrected chi connectivity index (χ4v) is 7.27. The predicted octanol–water partition coefficient (Wildman–Crippen LogP) is 6.16. The highest BCUT2D eigenvalue weighted by atomic mass is 32.2. The summed E-state index contributed by atoms with van der Waals surface area (Å²) >= 11 is 0.981. The third-order valence-corrected chi connectivity index (χ3v) is 9.59. The van der Waals surface area contributed by atoms with Crippen molar-refractivity contribution in [1.29, 1.82) is 5.26 Å². The van der Waals surface area contributed by atoms with E-state index in [0.29, 0.717) is 34.8 Å². The maximum absolute atomic E-state index is 13.8. The molecule has 0 saturated carbocycles. The zero-order valence-corrected chi connectivity index (χ0v) is 23.6. The van der Waals surface area contributed by atoms with Gasteiger partial charge >= 0.3 is 7.60 Å². The van der Waals surface area contributed by atoms with Gasteiger partial charge in [-0.1, -0.05) is 33.1 Å². The second kappa shape index (κ2) is 13.4. The molecule has 0 bridgehead atoms. The Morgan fingerprint density at radius 3 is 2.39 bits per heavy atom. The third-order valence-electron chi connectivity index (χ3n) is 5.35. The fraction of sp³-hybridized carbons (Fsp3) is 0.400. The number of unbranched alkanes of at least 4 members (excludes halogenated alkanes) is 3. The molecule has 1 aromatic heterocycles. The molecule has 206 valence electrons. The number of nitriles is 1. The van der Waals surface area contributed by atoms with Crippen LogP contribution in [0.3, 0.4) is 0 Å². The molecule has 2 aromatic carbocycles. The summed E-state index contributed by atoms with van der Waals surface area (Å²) in [4.78, 5) is 10.1. The van der Waals surface area contributed by atoms with Crippen LogP contribution in [-0.4, -0.2) is 32.8 Å². The van der Waals surface area contributed by atoms with Gasteiger partial charge in [0.25, 0.3) is 10.0 Å². The number of sulfonamides is 1. The minimum Gasteiger partial charge on any atom is -0.490 e. The van der Waals surface area contributed by atoms with Crippen molar-refractivity contribution in [1.82, 2.24) is 4.72 Å². The zero-order chi connectivity index (χ0) is 27.8. The molecule has 0 fully saturated rings. The molecule has 1 atom stereocenters. The molecule has 3 rings (SSSR count). The molecule has 2 N–H and O–H groups in total.